The van der Waals surface area contributed by atoms with Gasteiger partial charge in [0.05, 0.1) is 24.3 Å². The Hall–Kier alpha value is -3.95. The van der Waals surface area contributed by atoms with Crippen LogP contribution < -0.4 is 10.2 Å². The first-order valence-corrected chi connectivity index (χ1v) is 11.1. The third-order valence-electron chi connectivity index (χ3n) is 5.04. The minimum absolute atomic E-state index is 0.204. The van der Waals surface area contributed by atoms with Crippen molar-refractivity contribution < 1.29 is 9.53 Å². The van der Waals surface area contributed by atoms with Gasteiger partial charge in [0.15, 0.2) is 0 Å². The Morgan fingerprint density at radius 3 is 2.64 bits per heavy atom. The number of hydrogen-bond acceptors (Lipinski definition) is 4. The summed E-state index contributed by atoms with van der Waals surface area (Å²) < 4.78 is 7.04. The lowest BCUT2D eigenvalue weighted by Crippen LogP contribution is -2.19. The molecular formula is C27H20BrN3O2. The Morgan fingerprint density at radius 2 is 1.82 bits per heavy atom. The van der Waals surface area contributed by atoms with E-state index in [0.29, 0.717) is 17.9 Å². The molecule has 5 nitrogen and oxygen atoms in total. The van der Waals surface area contributed by atoms with Gasteiger partial charge >= 0.3 is 0 Å². The van der Waals surface area contributed by atoms with Gasteiger partial charge in [-0.2, -0.15) is 10.4 Å². The summed E-state index contributed by atoms with van der Waals surface area (Å²) in [6.07, 6.45) is 1.85. The van der Waals surface area contributed by atoms with Gasteiger partial charge in [0.25, 0.3) is 0 Å². The first-order chi connectivity index (χ1) is 16.1. The molecule has 1 N–H and O–H groups in total. The molecule has 0 fully saturated rings. The Balaban J connectivity index is 1.52. The second kappa shape index (κ2) is 10.6. The standard InChI is InChI=1S/C27H20BrN3O2/c28-23-11-8-19(9-12-23)15-27(32)31-30-17-25-24-7-2-1-6-22(24)10-13-26(25)33-18-21-5-3-4-20(14-21)16-29/h1-14,17H,15,18H2,(H,31,32)/b30-17-. The van der Waals surface area contributed by atoms with Gasteiger partial charge in [-0.15, -0.1) is 0 Å². The molecule has 0 unspecified atom stereocenters. The first-order valence-electron chi connectivity index (χ1n) is 10.3. The number of rotatable bonds is 7. The lowest BCUT2D eigenvalue weighted by atomic mass is 10.0. The molecule has 33 heavy (non-hydrogen) atoms. The molecule has 0 atom stereocenters. The summed E-state index contributed by atoms with van der Waals surface area (Å²) in [7, 11) is 0. The lowest BCUT2D eigenvalue weighted by Gasteiger charge is -2.12. The number of halogens is 1. The number of hydrogen-bond donors (Lipinski definition) is 1. The number of nitrogens with zero attached hydrogens (tertiary/aromatic N) is 2. The zero-order chi connectivity index (χ0) is 23.0. The van der Waals surface area contributed by atoms with Crippen LogP contribution in [0.4, 0.5) is 0 Å². The van der Waals surface area contributed by atoms with E-state index < -0.39 is 0 Å². The molecule has 0 saturated heterocycles. The van der Waals surface area contributed by atoms with Crippen molar-refractivity contribution in [1.29, 1.82) is 5.26 Å². The highest BCUT2D eigenvalue weighted by Crippen LogP contribution is 2.27. The Labute approximate surface area is 200 Å². The van der Waals surface area contributed by atoms with E-state index in [1.807, 2.05) is 72.8 Å². The molecule has 162 valence electrons. The minimum atomic E-state index is -0.204. The van der Waals surface area contributed by atoms with Crippen LogP contribution in [0.3, 0.4) is 0 Å². The zero-order valence-corrected chi connectivity index (χ0v) is 19.2. The van der Waals surface area contributed by atoms with Gasteiger partial charge in [-0.3, -0.25) is 4.79 Å². The van der Waals surface area contributed by atoms with Crippen LogP contribution in [0.2, 0.25) is 0 Å². The largest absolute Gasteiger partial charge is 0.488 e. The number of nitriles is 1. The molecule has 6 heteroatoms. The monoisotopic (exact) mass is 497 g/mol. The van der Waals surface area contributed by atoms with Crippen molar-refractivity contribution in [2.24, 2.45) is 5.10 Å². The zero-order valence-electron chi connectivity index (χ0n) is 17.7. The SMILES string of the molecule is N#Cc1cccc(COc2ccc3ccccc3c2/C=N\NC(=O)Cc2ccc(Br)cc2)c1. The third-order valence-corrected chi connectivity index (χ3v) is 5.57. The number of nitrogens with one attached hydrogen (secondary N) is 1. The van der Waals surface area contributed by atoms with Crippen molar-refractivity contribution in [3.63, 3.8) is 0 Å². The van der Waals surface area contributed by atoms with Gasteiger partial charge in [-0.1, -0.05) is 70.5 Å². The fraction of sp³-hybridized carbons (Fsp3) is 0.0741. The molecule has 0 spiro atoms. The van der Waals surface area contributed by atoms with Gasteiger partial charge in [-0.05, 0) is 52.2 Å². The maximum Gasteiger partial charge on any atom is 0.244 e. The number of ether oxygens (including phenoxy) is 1. The molecule has 4 rings (SSSR count). The van der Waals surface area contributed by atoms with Crippen LogP contribution in [0, 0.1) is 11.3 Å². The molecule has 4 aromatic carbocycles. The van der Waals surface area contributed by atoms with Crippen LogP contribution in [0.25, 0.3) is 10.8 Å². The Bertz CT molecular complexity index is 1360. The second-order valence-electron chi connectivity index (χ2n) is 7.40. The van der Waals surface area contributed by atoms with E-state index >= 15 is 0 Å². The second-order valence-corrected chi connectivity index (χ2v) is 8.31. The number of carbonyl (C=O) groups is 1. The topological polar surface area (TPSA) is 74.5 Å². The molecular weight excluding hydrogens is 478 g/mol. The summed E-state index contributed by atoms with van der Waals surface area (Å²) in [5.41, 5.74) is 5.76. The molecule has 1 amide bonds. The van der Waals surface area contributed by atoms with E-state index in [9.17, 15) is 4.79 Å². The average Bonchev–Trinajstić information content (AvgIpc) is 2.85. The van der Waals surface area contributed by atoms with Crippen molar-refractivity contribution in [3.05, 3.63) is 112 Å². The maximum atomic E-state index is 12.3. The predicted molar refractivity (Wildman–Crippen MR) is 133 cm³/mol. The number of fused-ring (bicyclic) bond motifs is 1. The van der Waals surface area contributed by atoms with Crippen molar-refractivity contribution in [1.82, 2.24) is 5.43 Å². The molecule has 0 aromatic heterocycles. The molecule has 0 saturated carbocycles. The third kappa shape index (κ3) is 5.85. The molecule has 0 aliphatic carbocycles. The van der Waals surface area contributed by atoms with E-state index in [4.69, 9.17) is 10.00 Å². The highest BCUT2D eigenvalue weighted by Gasteiger charge is 2.09. The summed E-state index contributed by atoms with van der Waals surface area (Å²) in [5.74, 6) is 0.437. The van der Waals surface area contributed by atoms with Gasteiger partial charge in [0, 0.05) is 10.0 Å². The highest BCUT2D eigenvalue weighted by atomic mass is 79.9. The van der Waals surface area contributed by atoms with Crippen LogP contribution >= 0.6 is 15.9 Å². The van der Waals surface area contributed by atoms with Crippen molar-refractivity contribution in [2.45, 2.75) is 13.0 Å². The van der Waals surface area contributed by atoms with E-state index in [-0.39, 0.29) is 12.3 Å². The number of benzene rings is 4. The first kappa shape index (κ1) is 22.3. The van der Waals surface area contributed by atoms with Crippen molar-refractivity contribution in [3.8, 4) is 11.8 Å². The van der Waals surface area contributed by atoms with E-state index in [1.165, 1.54) is 0 Å². The summed E-state index contributed by atoms with van der Waals surface area (Å²) in [6.45, 7) is 0.310. The summed E-state index contributed by atoms with van der Waals surface area (Å²) in [4.78, 5) is 12.3. The van der Waals surface area contributed by atoms with Crippen LogP contribution in [0.15, 0.2) is 94.5 Å². The number of carbonyl (C=O) groups excluding carboxylic acids is 1. The summed E-state index contributed by atoms with van der Waals surface area (Å²) >= 11 is 3.39. The van der Waals surface area contributed by atoms with Gasteiger partial charge in [0.2, 0.25) is 5.91 Å². The quantitative estimate of drug-likeness (QED) is 0.261. The number of hydrazone groups is 1. The fourth-order valence-electron chi connectivity index (χ4n) is 3.42. The summed E-state index contributed by atoms with van der Waals surface area (Å²) in [5, 5.41) is 15.3. The van der Waals surface area contributed by atoms with Crippen LogP contribution in [0.1, 0.15) is 22.3 Å². The molecule has 4 aromatic rings. The van der Waals surface area contributed by atoms with E-state index in [2.05, 4.69) is 32.5 Å². The average molecular weight is 498 g/mol. The Kier molecular flexibility index (Phi) is 7.13. The molecule has 0 heterocycles. The van der Waals surface area contributed by atoms with E-state index in [1.54, 1.807) is 18.3 Å². The fourth-order valence-corrected chi connectivity index (χ4v) is 3.69. The molecule has 0 bridgehead atoms. The van der Waals surface area contributed by atoms with Crippen LogP contribution in [-0.4, -0.2) is 12.1 Å². The molecule has 0 aliphatic rings. The number of amides is 1. The smallest absolute Gasteiger partial charge is 0.244 e. The minimum Gasteiger partial charge on any atom is -0.488 e. The molecule has 0 radical (unpaired) electrons. The lowest BCUT2D eigenvalue weighted by molar-refractivity contribution is -0.120. The summed E-state index contributed by atoms with van der Waals surface area (Å²) in [6, 6.07) is 28.8. The van der Waals surface area contributed by atoms with Crippen LogP contribution in [-0.2, 0) is 17.8 Å². The highest BCUT2D eigenvalue weighted by molar-refractivity contribution is 9.10. The van der Waals surface area contributed by atoms with Gasteiger partial charge < -0.3 is 4.74 Å². The van der Waals surface area contributed by atoms with Crippen LogP contribution in [0.5, 0.6) is 5.75 Å². The molecule has 0 aliphatic heterocycles. The maximum absolute atomic E-state index is 12.3. The van der Waals surface area contributed by atoms with Gasteiger partial charge in [-0.25, -0.2) is 5.43 Å². The Morgan fingerprint density at radius 1 is 1.00 bits per heavy atom. The predicted octanol–water partition coefficient (Wildman–Crippen LogP) is 5.75. The normalized spacial score (nSPS) is 10.8. The van der Waals surface area contributed by atoms with Crippen molar-refractivity contribution >= 4 is 38.8 Å². The van der Waals surface area contributed by atoms with Gasteiger partial charge in [0.1, 0.15) is 12.4 Å². The van der Waals surface area contributed by atoms with E-state index in [0.717, 1.165) is 31.9 Å². The van der Waals surface area contributed by atoms with Crippen molar-refractivity contribution in [2.75, 3.05) is 0 Å².